The fourth-order valence-corrected chi connectivity index (χ4v) is 4.76. The molecule has 1 fully saturated rings. The molecule has 1 aromatic rings. The van der Waals surface area contributed by atoms with Crippen LogP contribution in [0.15, 0.2) is 17.2 Å². The van der Waals surface area contributed by atoms with Crippen molar-refractivity contribution in [1.29, 1.82) is 0 Å². The lowest BCUT2D eigenvalue weighted by atomic mass is 10.0. The number of hydrazine groups is 2. The van der Waals surface area contributed by atoms with Crippen LogP contribution in [0.4, 0.5) is 14.5 Å². The summed E-state index contributed by atoms with van der Waals surface area (Å²) in [4.78, 5) is 25.2. The van der Waals surface area contributed by atoms with Crippen LogP contribution in [0.3, 0.4) is 0 Å². The normalized spacial score (nSPS) is 18.4. The van der Waals surface area contributed by atoms with Crippen LogP contribution in [0.2, 0.25) is 5.02 Å². The molecule has 2 aliphatic heterocycles. The lowest BCUT2D eigenvalue weighted by Gasteiger charge is -2.23. The second-order valence-electron chi connectivity index (χ2n) is 6.77. The lowest BCUT2D eigenvalue weighted by Crippen LogP contribution is -2.45. The molecule has 3 rings (SSSR count). The number of nitrogens with zero attached hydrogens (tertiary/aromatic N) is 2. The Kier molecular flexibility index (Phi) is 6.81. The average Bonchev–Trinajstić information content (AvgIpc) is 3.08. The summed E-state index contributed by atoms with van der Waals surface area (Å²) in [7, 11) is -1.63. The van der Waals surface area contributed by atoms with Crippen molar-refractivity contribution in [3.8, 4) is 5.75 Å². The van der Waals surface area contributed by atoms with Gasteiger partial charge in [-0.1, -0.05) is 11.6 Å². The third-order valence-electron chi connectivity index (χ3n) is 4.66. The summed E-state index contributed by atoms with van der Waals surface area (Å²) in [6.45, 7) is -3.20. The van der Waals surface area contributed by atoms with Gasteiger partial charge in [0.1, 0.15) is 15.5 Å². The number of alkyl halides is 2. The number of nitrogens with one attached hydrogen (secondary N) is 4. The molecule has 0 bridgehead atoms. The quantitative estimate of drug-likeness (QED) is 0.481. The van der Waals surface area contributed by atoms with Crippen molar-refractivity contribution in [2.24, 2.45) is 11.0 Å². The molecule has 11 nitrogen and oxygen atoms in total. The van der Waals surface area contributed by atoms with Crippen LogP contribution in [0, 0.1) is 5.92 Å². The van der Waals surface area contributed by atoms with Crippen LogP contribution >= 0.6 is 11.6 Å². The summed E-state index contributed by atoms with van der Waals surface area (Å²) >= 11 is 6.26. The zero-order valence-electron chi connectivity index (χ0n) is 16.1. The minimum atomic E-state index is -3.20. The monoisotopic (exact) mass is 480 g/mol. The van der Waals surface area contributed by atoms with E-state index in [0.29, 0.717) is 0 Å². The van der Waals surface area contributed by atoms with E-state index in [-0.39, 0.29) is 46.6 Å². The van der Waals surface area contributed by atoms with E-state index in [4.69, 9.17) is 11.6 Å². The molecule has 0 aromatic heterocycles. The Morgan fingerprint density at radius 3 is 2.55 bits per heavy atom. The van der Waals surface area contributed by atoms with Crippen molar-refractivity contribution in [3.63, 3.8) is 0 Å². The number of halogens is 3. The van der Waals surface area contributed by atoms with Crippen LogP contribution in [0.25, 0.3) is 0 Å². The highest BCUT2D eigenvalue weighted by molar-refractivity contribution is 7.91. The molecule has 0 atom stereocenters. The second kappa shape index (κ2) is 9.20. The van der Waals surface area contributed by atoms with E-state index in [2.05, 4.69) is 31.5 Å². The molecule has 0 unspecified atom stereocenters. The van der Waals surface area contributed by atoms with Crippen LogP contribution in [0.5, 0.6) is 5.75 Å². The number of hydrazone groups is 1. The number of ether oxygens (including phenoxy) is 1. The van der Waals surface area contributed by atoms with Gasteiger partial charge in [0, 0.05) is 13.0 Å². The first kappa shape index (κ1) is 23.0. The van der Waals surface area contributed by atoms with Crippen LogP contribution in [-0.4, -0.2) is 56.4 Å². The van der Waals surface area contributed by atoms with Crippen molar-refractivity contribution in [2.75, 3.05) is 23.9 Å². The maximum atomic E-state index is 12.8. The maximum absolute atomic E-state index is 12.8. The molecule has 0 radical (unpaired) electrons. The Labute approximate surface area is 181 Å². The van der Waals surface area contributed by atoms with Gasteiger partial charge in [0.15, 0.2) is 5.75 Å². The number of amides is 2. The number of anilines is 1. The molecule has 15 heteroatoms. The van der Waals surface area contributed by atoms with Crippen molar-refractivity contribution in [2.45, 2.75) is 19.5 Å². The molecule has 4 N–H and O–H groups in total. The number of benzene rings is 1. The van der Waals surface area contributed by atoms with E-state index in [1.54, 1.807) is 7.05 Å². The van der Waals surface area contributed by atoms with Gasteiger partial charge in [-0.05, 0) is 25.0 Å². The number of guanidine groups is 1. The van der Waals surface area contributed by atoms with Crippen LogP contribution in [-0.2, 0) is 14.6 Å². The van der Waals surface area contributed by atoms with E-state index < -0.39 is 39.9 Å². The van der Waals surface area contributed by atoms with Crippen molar-refractivity contribution in [1.82, 2.24) is 21.4 Å². The highest BCUT2D eigenvalue weighted by Gasteiger charge is 2.30. The predicted octanol–water partition coefficient (Wildman–Crippen LogP) is 0.660. The Morgan fingerprint density at radius 1 is 1.29 bits per heavy atom. The number of sulfone groups is 1. The average molecular weight is 481 g/mol. The fourth-order valence-electron chi connectivity index (χ4n) is 2.98. The first-order valence-electron chi connectivity index (χ1n) is 8.99. The Hall–Kier alpha value is -2.71. The second-order valence-corrected chi connectivity index (χ2v) is 9.45. The topological polar surface area (TPSA) is 141 Å². The first-order chi connectivity index (χ1) is 14.6. The van der Waals surface area contributed by atoms with Gasteiger partial charge < -0.3 is 10.1 Å². The van der Waals surface area contributed by atoms with Gasteiger partial charge in [-0.2, -0.15) is 8.78 Å². The molecule has 2 heterocycles. The molecular formula is C16H19ClF2N6O5S. The molecule has 1 saturated heterocycles. The van der Waals surface area contributed by atoms with E-state index in [1.165, 1.54) is 5.01 Å². The molecule has 2 amide bonds. The minimum absolute atomic E-state index is 0.0865. The number of hydrogen-bond acceptors (Lipinski definition) is 9. The summed E-state index contributed by atoms with van der Waals surface area (Å²) in [5.74, 6) is -2.62. The van der Waals surface area contributed by atoms with Crippen molar-refractivity contribution >= 4 is 44.9 Å². The first-order valence-corrected chi connectivity index (χ1v) is 11.2. The number of rotatable bonds is 5. The Balaban J connectivity index is 1.84. The summed E-state index contributed by atoms with van der Waals surface area (Å²) < 4.78 is 53.2. The highest BCUT2D eigenvalue weighted by Crippen LogP contribution is 2.37. The summed E-state index contributed by atoms with van der Waals surface area (Å²) in [6.07, 6.45) is 0.173. The molecular weight excluding hydrogens is 462 g/mol. The summed E-state index contributed by atoms with van der Waals surface area (Å²) in [6, 6.07) is 2.24. The van der Waals surface area contributed by atoms with Crippen LogP contribution in [0.1, 0.15) is 23.2 Å². The van der Waals surface area contributed by atoms with Gasteiger partial charge in [0.05, 0.1) is 22.1 Å². The highest BCUT2D eigenvalue weighted by atomic mass is 35.5. The van der Waals surface area contributed by atoms with Gasteiger partial charge in [0.25, 0.3) is 5.91 Å². The largest absolute Gasteiger partial charge is 0.433 e. The molecule has 0 saturated carbocycles. The molecule has 1 aromatic carbocycles. The maximum Gasteiger partial charge on any atom is 0.387 e. The Morgan fingerprint density at radius 2 is 1.97 bits per heavy atom. The third kappa shape index (κ3) is 5.51. The fraction of sp³-hybridized carbons (Fsp3) is 0.438. The smallest absolute Gasteiger partial charge is 0.387 e. The Bertz CT molecular complexity index is 1010. The van der Waals surface area contributed by atoms with E-state index in [9.17, 15) is 26.8 Å². The van der Waals surface area contributed by atoms with Crippen molar-refractivity contribution < 1.29 is 31.5 Å². The number of carbonyl (C=O) groups is 2. The number of carbonyl (C=O) groups excluding carboxylic acids is 2. The van der Waals surface area contributed by atoms with Gasteiger partial charge in [-0.25, -0.2) is 14.0 Å². The lowest BCUT2D eigenvalue weighted by molar-refractivity contribution is -0.120. The standard InChI is InChI=1S/C16H19ClF2N6O5S/c1-25-16(22-23-24-25)21-14(27)9-2-3-10(30-15(18)19)12(11(9)17)20-13(26)8-4-6-31(28,29)7-5-8/h2-3,8,15,23-24H,4-7H2,1H3,(H,20,26)(H,21,22,27). The molecule has 170 valence electrons. The molecule has 2 aliphatic rings. The SMILES string of the molecule is CN1NNN=C1NC(=O)c1ccc(OC(F)F)c(NC(=O)C2CCS(=O)(=O)CC2)c1Cl. The molecule has 0 aliphatic carbocycles. The summed E-state index contributed by atoms with van der Waals surface area (Å²) in [5, 5.41) is 9.68. The van der Waals surface area contributed by atoms with Gasteiger partial charge in [-0.3, -0.25) is 19.9 Å². The summed E-state index contributed by atoms with van der Waals surface area (Å²) in [5.41, 5.74) is 4.55. The van der Waals surface area contributed by atoms with Gasteiger partial charge in [-0.15, -0.1) is 10.6 Å². The van der Waals surface area contributed by atoms with E-state index in [0.717, 1.165) is 12.1 Å². The zero-order chi connectivity index (χ0) is 22.8. The van der Waals surface area contributed by atoms with Crippen LogP contribution < -0.4 is 26.4 Å². The van der Waals surface area contributed by atoms with E-state index in [1.807, 2.05) is 0 Å². The zero-order valence-corrected chi connectivity index (χ0v) is 17.7. The number of hydrogen-bond donors (Lipinski definition) is 4. The molecule has 31 heavy (non-hydrogen) atoms. The third-order valence-corrected chi connectivity index (χ3v) is 6.77. The van der Waals surface area contributed by atoms with Gasteiger partial charge >= 0.3 is 6.61 Å². The predicted molar refractivity (Wildman–Crippen MR) is 107 cm³/mol. The minimum Gasteiger partial charge on any atom is -0.433 e. The van der Waals surface area contributed by atoms with Gasteiger partial charge in [0.2, 0.25) is 11.9 Å². The molecule has 0 spiro atoms. The van der Waals surface area contributed by atoms with Crippen molar-refractivity contribution in [3.05, 3.63) is 22.7 Å². The van der Waals surface area contributed by atoms with E-state index >= 15 is 0 Å².